The van der Waals surface area contributed by atoms with Crippen LogP contribution in [0, 0.1) is 11.6 Å². The number of hydrogen-bond donors (Lipinski definition) is 2. The summed E-state index contributed by atoms with van der Waals surface area (Å²) in [5, 5.41) is 5.43. The number of unbranched alkanes of at least 4 members (excludes halogenated alkanes) is 1. The van der Waals surface area contributed by atoms with Crippen molar-refractivity contribution in [2.24, 2.45) is 0 Å². The van der Waals surface area contributed by atoms with Gasteiger partial charge >= 0.3 is 12.0 Å². The second-order valence-electron chi connectivity index (χ2n) is 8.00. The third-order valence-corrected chi connectivity index (χ3v) is 6.38. The molecule has 12 heteroatoms. The minimum Gasteiger partial charge on any atom is -0.494 e. The second-order valence-corrected chi connectivity index (χ2v) is 8.78. The zero-order valence-electron chi connectivity index (χ0n) is 19.8. The van der Waals surface area contributed by atoms with Crippen molar-refractivity contribution < 1.29 is 32.6 Å². The maximum absolute atomic E-state index is 14.4. The summed E-state index contributed by atoms with van der Waals surface area (Å²) in [5.74, 6) is -2.92. The summed E-state index contributed by atoms with van der Waals surface area (Å²) in [6, 6.07) is 1.70. The smallest absolute Gasteiger partial charge is 0.346 e. The fourth-order valence-corrected chi connectivity index (χ4v) is 4.46. The van der Waals surface area contributed by atoms with E-state index < -0.39 is 30.2 Å². The number of methoxy groups -OCH3 is 2. The zero-order valence-corrected chi connectivity index (χ0v) is 20.6. The highest BCUT2D eigenvalue weighted by Crippen LogP contribution is 2.32. The van der Waals surface area contributed by atoms with E-state index in [9.17, 15) is 18.4 Å². The van der Waals surface area contributed by atoms with Crippen LogP contribution in [0.5, 0.6) is 11.6 Å². The molecule has 2 heterocycles. The predicted molar refractivity (Wildman–Crippen MR) is 127 cm³/mol. The molecule has 3 rings (SSSR count). The molecule has 0 aliphatic carbocycles. The van der Waals surface area contributed by atoms with E-state index in [4.69, 9.17) is 14.2 Å². The third-order valence-electron chi connectivity index (χ3n) is 5.64. The maximum Gasteiger partial charge on any atom is 0.346 e. The van der Waals surface area contributed by atoms with E-state index >= 15 is 0 Å². The number of esters is 1. The lowest BCUT2D eigenvalue weighted by molar-refractivity contribution is 0.0596. The van der Waals surface area contributed by atoms with Crippen LogP contribution in [0.3, 0.4) is 0 Å². The Bertz CT molecular complexity index is 1010. The van der Waals surface area contributed by atoms with Gasteiger partial charge in [-0.1, -0.05) is 6.42 Å². The van der Waals surface area contributed by atoms with Gasteiger partial charge in [0.2, 0.25) is 5.88 Å². The quantitative estimate of drug-likeness (QED) is 0.344. The molecule has 0 spiro atoms. The Balaban J connectivity index is 1.56. The molecule has 0 atom stereocenters. The van der Waals surface area contributed by atoms with Crippen LogP contribution >= 0.6 is 11.5 Å². The van der Waals surface area contributed by atoms with Crippen LogP contribution in [0.15, 0.2) is 12.1 Å². The summed E-state index contributed by atoms with van der Waals surface area (Å²) in [6.07, 6.45) is 5.58. The Kier molecular flexibility index (Phi) is 10.0. The third kappa shape index (κ3) is 7.25. The monoisotopic (exact) mass is 512 g/mol. The van der Waals surface area contributed by atoms with Crippen molar-refractivity contribution >= 4 is 28.5 Å². The summed E-state index contributed by atoms with van der Waals surface area (Å²) < 4.78 is 47.6. The van der Waals surface area contributed by atoms with Crippen LogP contribution in [-0.2, 0) is 11.3 Å². The number of benzene rings is 1. The van der Waals surface area contributed by atoms with E-state index in [1.807, 2.05) is 0 Å². The van der Waals surface area contributed by atoms with Gasteiger partial charge < -0.3 is 24.4 Å². The summed E-state index contributed by atoms with van der Waals surface area (Å²) in [7, 11) is 2.42. The molecular formula is C23H30F2N4O5S. The molecule has 1 aliphatic rings. The van der Waals surface area contributed by atoms with Crippen molar-refractivity contribution in [3.8, 4) is 11.6 Å². The van der Waals surface area contributed by atoms with E-state index in [-0.39, 0.29) is 27.8 Å². The van der Waals surface area contributed by atoms with Crippen molar-refractivity contribution in [3.05, 3.63) is 34.9 Å². The molecule has 2 amide bonds. The molecule has 2 N–H and O–H groups in total. The van der Waals surface area contributed by atoms with Gasteiger partial charge in [-0.25, -0.2) is 18.4 Å². The summed E-state index contributed by atoms with van der Waals surface area (Å²) >= 11 is 0.795. The minimum absolute atomic E-state index is 0.101. The molecule has 1 aromatic heterocycles. The van der Waals surface area contributed by atoms with E-state index in [0.717, 1.165) is 63.3 Å². The van der Waals surface area contributed by atoms with Gasteiger partial charge in [-0.3, -0.25) is 5.32 Å². The van der Waals surface area contributed by atoms with Crippen LogP contribution in [0.4, 0.5) is 18.6 Å². The van der Waals surface area contributed by atoms with Gasteiger partial charge in [0.15, 0.2) is 17.1 Å². The molecule has 35 heavy (non-hydrogen) atoms. The Hall–Kier alpha value is -2.99. The van der Waals surface area contributed by atoms with Crippen molar-refractivity contribution in [2.45, 2.75) is 38.7 Å². The summed E-state index contributed by atoms with van der Waals surface area (Å²) in [6.45, 7) is 3.21. The number of ether oxygens (including phenoxy) is 3. The molecule has 1 fully saturated rings. The van der Waals surface area contributed by atoms with Crippen molar-refractivity contribution in [2.75, 3.05) is 45.7 Å². The molecule has 0 bridgehead atoms. The first-order chi connectivity index (χ1) is 16.9. The number of hydrogen-bond acceptors (Lipinski definition) is 8. The molecule has 9 nitrogen and oxygen atoms in total. The van der Waals surface area contributed by atoms with E-state index in [2.05, 4.69) is 19.9 Å². The molecular weight excluding hydrogens is 482 g/mol. The van der Waals surface area contributed by atoms with Gasteiger partial charge in [-0.05, 0) is 69.0 Å². The highest BCUT2D eigenvalue weighted by molar-refractivity contribution is 7.11. The minimum atomic E-state index is -0.916. The number of amides is 2. The Morgan fingerprint density at radius 1 is 1.14 bits per heavy atom. The lowest BCUT2D eigenvalue weighted by atomic mass is 10.1. The SMILES string of the molecule is COC(=O)c1c(OCc2c(F)ccc(OC)c2F)nsc1NC(=O)NCCCCN1CCCCC1. The topological polar surface area (TPSA) is 102 Å². The highest BCUT2D eigenvalue weighted by atomic mass is 32.1. The lowest BCUT2D eigenvalue weighted by Gasteiger charge is -2.26. The Morgan fingerprint density at radius 2 is 1.91 bits per heavy atom. The number of piperidine rings is 1. The zero-order chi connectivity index (χ0) is 25.2. The molecule has 2 aromatic rings. The first-order valence-corrected chi connectivity index (χ1v) is 12.2. The summed E-state index contributed by atoms with van der Waals surface area (Å²) in [4.78, 5) is 27.1. The summed E-state index contributed by atoms with van der Waals surface area (Å²) in [5.41, 5.74) is -0.522. The number of nitrogens with one attached hydrogen (secondary N) is 2. The van der Waals surface area contributed by atoms with E-state index in [1.54, 1.807) is 0 Å². The fraction of sp³-hybridized carbons (Fsp3) is 0.522. The van der Waals surface area contributed by atoms with E-state index in [0.29, 0.717) is 6.54 Å². The number of anilines is 1. The molecule has 192 valence electrons. The van der Waals surface area contributed by atoms with Crippen molar-refractivity contribution in [1.82, 2.24) is 14.6 Å². The average molecular weight is 513 g/mol. The first-order valence-electron chi connectivity index (χ1n) is 11.4. The van der Waals surface area contributed by atoms with Crippen LogP contribution < -0.4 is 20.1 Å². The molecule has 1 aliphatic heterocycles. The number of likely N-dealkylation sites (tertiary alicyclic amines) is 1. The maximum atomic E-state index is 14.4. The van der Waals surface area contributed by atoms with Crippen molar-refractivity contribution in [1.29, 1.82) is 0 Å². The van der Waals surface area contributed by atoms with Gasteiger partial charge in [0.25, 0.3) is 0 Å². The number of carbonyl (C=O) groups excluding carboxylic acids is 2. The Labute approximate surface area is 206 Å². The highest BCUT2D eigenvalue weighted by Gasteiger charge is 2.26. The predicted octanol–water partition coefficient (Wildman–Crippen LogP) is 4.18. The number of aromatic nitrogens is 1. The van der Waals surface area contributed by atoms with Crippen LogP contribution in [0.2, 0.25) is 0 Å². The average Bonchev–Trinajstić information content (AvgIpc) is 3.26. The van der Waals surface area contributed by atoms with Gasteiger partial charge in [0.1, 0.15) is 17.4 Å². The molecule has 1 saturated heterocycles. The standard InChI is InChI=1S/C23H30F2N4O5S/c1-32-17-9-8-16(24)15(19(17)25)14-34-20-18(22(30)33-2)21(35-28-20)27-23(31)26-10-4-7-13-29-11-5-3-6-12-29/h8-9H,3-7,10-14H2,1-2H3,(H2,26,27,31). The first kappa shape index (κ1) is 26.6. The number of halogens is 2. The van der Waals surface area contributed by atoms with Gasteiger partial charge in [0.05, 0.1) is 19.8 Å². The number of nitrogens with zero attached hydrogens (tertiary/aromatic N) is 2. The largest absolute Gasteiger partial charge is 0.494 e. The number of carbonyl (C=O) groups is 2. The van der Waals surface area contributed by atoms with Crippen LogP contribution in [0.25, 0.3) is 0 Å². The molecule has 0 saturated carbocycles. The fourth-order valence-electron chi connectivity index (χ4n) is 3.74. The van der Waals surface area contributed by atoms with Gasteiger partial charge in [-0.15, -0.1) is 0 Å². The van der Waals surface area contributed by atoms with Crippen molar-refractivity contribution in [3.63, 3.8) is 0 Å². The number of urea groups is 1. The van der Waals surface area contributed by atoms with E-state index in [1.165, 1.54) is 26.4 Å². The van der Waals surface area contributed by atoms with Crippen LogP contribution in [0.1, 0.15) is 48.0 Å². The van der Waals surface area contributed by atoms with Gasteiger partial charge in [0, 0.05) is 6.54 Å². The van der Waals surface area contributed by atoms with Crippen LogP contribution in [-0.4, -0.2) is 61.7 Å². The Morgan fingerprint density at radius 3 is 2.63 bits per heavy atom. The lowest BCUT2D eigenvalue weighted by Crippen LogP contribution is -2.32. The molecule has 0 unspecified atom stereocenters. The normalized spacial score (nSPS) is 13.8. The second kappa shape index (κ2) is 13.2. The van der Waals surface area contributed by atoms with Gasteiger partial charge in [-0.2, -0.15) is 4.37 Å². The molecule has 1 aromatic carbocycles. The molecule has 0 radical (unpaired) electrons. The number of rotatable bonds is 11.